The molecule has 15 heavy (non-hydrogen) atoms. The highest BCUT2D eigenvalue weighted by atomic mass is 16.5. The molecular formula is C12H14N2O. The van der Waals surface area contributed by atoms with Crippen LogP contribution in [0.2, 0.25) is 0 Å². The lowest BCUT2D eigenvalue weighted by Gasteiger charge is -2.29. The molecule has 1 aliphatic heterocycles. The third kappa shape index (κ3) is 2.11. The first kappa shape index (κ1) is 10.0. The molecule has 0 radical (unpaired) electrons. The zero-order valence-electron chi connectivity index (χ0n) is 8.86. The van der Waals surface area contributed by atoms with Crippen molar-refractivity contribution in [2.24, 2.45) is 0 Å². The van der Waals surface area contributed by atoms with Gasteiger partial charge in [0.2, 0.25) is 0 Å². The van der Waals surface area contributed by atoms with Gasteiger partial charge in [0.15, 0.2) is 0 Å². The van der Waals surface area contributed by atoms with Gasteiger partial charge >= 0.3 is 0 Å². The molecule has 1 aromatic carbocycles. The number of ether oxygens (including phenoxy) is 1. The maximum Gasteiger partial charge on any atom is 0.0995 e. The molecule has 1 aromatic rings. The average Bonchev–Trinajstić information content (AvgIpc) is 2.31. The smallest absolute Gasteiger partial charge is 0.0995 e. The molecule has 0 aromatic heterocycles. The van der Waals surface area contributed by atoms with E-state index in [2.05, 4.69) is 17.0 Å². The lowest BCUT2D eigenvalue weighted by molar-refractivity contribution is 0.122. The number of nitriles is 1. The van der Waals surface area contributed by atoms with Crippen molar-refractivity contribution in [2.75, 3.05) is 31.2 Å². The van der Waals surface area contributed by atoms with E-state index in [4.69, 9.17) is 10.00 Å². The van der Waals surface area contributed by atoms with Gasteiger partial charge in [-0.1, -0.05) is 6.07 Å². The van der Waals surface area contributed by atoms with Crippen molar-refractivity contribution in [3.63, 3.8) is 0 Å². The third-order valence-corrected chi connectivity index (χ3v) is 2.72. The van der Waals surface area contributed by atoms with Gasteiger partial charge in [-0.3, -0.25) is 0 Å². The van der Waals surface area contributed by atoms with Crippen molar-refractivity contribution >= 4 is 5.69 Å². The van der Waals surface area contributed by atoms with E-state index in [0.29, 0.717) is 0 Å². The molecule has 0 unspecified atom stereocenters. The first-order valence-corrected chi connectivity index (χ1v) is 5.15. The Morgan fingerprint density at radius 2 is 2.07 bits per heavy atom. The predicted octanol–water partition coefficient (Wildman–Crippen LogP) is 1.70. The summed E-state index contributed by atoms with van der Waals surface area (Å²) in [7, 11) is 0. The van der Waals surface area contributed by atoms with Crippen LogP contribution >= 0.6 is 0 Å². The fourth-order valence-electron chi connectivity index (χ4n) is 1.75. The van der Waals surface area contributed by atoms with Gasteiger partial charge in [0.1, 0.15) is 0 Å². The molecule has 0 saturated carbocycles. The van der Waals surface area contributed by atoms with E-state index in [9.17, 15) is 0 Å². The molecule has 1 heterocycles. The molecule has 1 fully saturated rings. The summed E-state index contributed by atoms with van der Waals surface area (Å²) < 4.78 is 5.29. The number of morpholine rings is 1. The molecular weight excluding hydrogens is 188 g/mol. The number of hydrogen-bond donors (Lipinski definition) is 0. The van der Waals surface area contributed by atoms with Crippen molar-refractivity contribution in [1.29, 1.82) is 5.26 Å². The summed E-state index contributed by atoms with van der Waals surface area (Å²) in [5.41, 5.74) is 2.92. The summed E-state index contributed by atoms with van der Waals surface area (Å²) in [6.07, 6.45) is 0. The van der Waals surface area contributed by atoms with Crippen molar-refractivity contribution in [3.05, 3.63) is 29.3 Å². The standard InChI is InChI=1S/C12H14N2O/c1-10-2-3-12(8-11(10)9-13)14-4-6-15-7-5-14/h2-3,8H,4-7H2,1H3. The number of anilines is 1. The van der Waals surface area contributed by atoms with E-state index in [-0.39, 0.29) is 0 Å². The van der Waals surface area contributed by atoms with Crippen LogP contribution in [-0.2, 0) is 4.74 Å². The summed E-state index contributed by atoms with van der Waals surface area (Å²) in [5, 5.41) is 8.95. The van der Waals surface area contributed by atoms with Crippen molar-refractivity contribution in [2.45, 2.75) is 6.92 Å². The maximum absolute atomic E-state index is 8.95. The van der Waals surface area contributed by atoms with Crippen LogP contribution in [0, 0.1) is 18.3 Å². The summed E-state index contributed by atoms with van der Waals surface area (Å²) in [5.74, 6) is 0. The minimum Gasteiger partial charge on any atom is -0.378 e. The number of benzene rings is 1. The molecule has 0 bridgehead atoms. The van der Waals surface area contributed by atoms with Gasteiger partial charge in [-0.05, 0) is 24.6 Å². The van der Waals surface area contributed by atoms with Crippen LogP contribution in [0.1, 0.15) is 11.1 Å². The fraction of sp³-hybridized carbons (Fsp3) is 0.417. The quantitative estimate of drug-likeness (QED) is 0.695. The molecule has 1 aliphatic rings. The Hall–Kier alpha value is -1.53. The summed E-state index contributed by atoms with van der Waals surface area (Å²) in [6, 6.07) is 8.25. The second-order valence-corrected chi connectivity index (χ2v) is 3.71. The van der Waals surface area contributed by atoms with Gasteiger partial charge in [-0.2, -0.15) is 5.26 Å². The van der Waals surface area contributed by atoms with Crippen LogP contribution in [0.4, 0.5) is 5.69 Å². The van der Waals surface area contributed by atoms with Gasteiger partial charge in [0, 0.05) is 18.8 Å². The molecule has 2 rings (SSSR count). The molecule has 78 valence electrons. The third-order valence-electron chi connectivity index (χ3n) is 2.72. The predicted molar refractivity (Wildman–Crippen MR) is 58.9 cm³/mol. The Labute approximate surface area is 89.9 Å². The lowest BCUT2D eigenvalue weighted by Crippen LogP contribution is -2.36. The first-order chi connectivity index (χ1) is 7.31. The van der Waals surface area contributed by atoms with E-state index >= 15 is 0 Å². The van der Waals surface area contributed by atoms with Gasteiger partial charge in [0.25, 0.3) is 0 Å². The molecule has 0 amide bonds. The monoisotopic (exact) mass is 202 g/mol. The van der Waals surface area contributed by atoms with Crippen molar-refractivity contribution in [3.8, 4) is 6.07 Å². The summed E-state index contributed by atoms with van der Waals surface area (Å²) in [6.45, 7) is 5.33. The largest absolute Gasteiger partial charge is 0.378 e. The second-order valence-electron chi connectivity index (χ2n) is 3.71. The molecule has 0 N–H and O–H groups in total. The van der Waals surface area contributed by atoms with Crippen LogP contribution in [0.15, 0.2) is 18.2 Å². The van der Waals surface area contributed by atoms with E-state index in [0.717, 1.165) is 43.1 Å². The van der Waals surface area contributed by atoms with Gasteiger partial charge in [-0.15, -0.1) is 0 Å². The molecule has 0 atom stereocenters. The SMILES string of the molecule is Cc1ccc(N2CCOCC2)cc1C#N. The Morgan fingerprint density at radius 1 is 1.33 bits per heavy atom. The lowest BCUT2D eigenvalue weighted by atomic mass is 10.1. The number of nitrogens with zero attached hydrogens (tertiary/aromatic N) is 2. The van der Waals surface area contributed by atoms with Gasteiger partial charge in [0.05, 0.1) is 24.8 Å². The fourth-order valence-corrected chi connectivity index (χ4v) is 1.75. The second kappa shape index (κ2) is 4.33. The van der Waals surface area contributed by atoms with Crippen LogP contribution in [0.5, 0.6) is 0 Å². The van der Waals surface area contributed by atoms with Crippen molar-refractivity contribution < 1.29 is 4.74 Å². The normalized spacial score (nSPS) is 16.1. The summed E-state index contributed by atoms with van der Waals surface area (Å²) >= 11 is 0. The number of aryl methyl sites for hydroxylation is 1. The minimum absolute atomic E-state index is 0.763. The molecule has 0 spiro atoms. The zero-order chi connectivity index (χ0) is 10.7. The molecule has 3 nitrogen and oxygen atoms in total. The van der Waals surface area contributed by atoms with Gasteiger partial charge < -0.3 is 9.64 Å². The number of rotatable bonds is 1. The molecule has 0 aliphatic carbocycles. The first-order valence-electron chi connectivity index (χ1n) is 5.15. The minimum atomic E-state index is 0.763. The van der Waals surface area contributed by atoms with E-state index < -0.39 is 0 Å². The van der Waals surface area contributed by atoms with Crippen LogP contribution in [-0.4, -0.2) is 26.3 Å². The molecule has 1 saturated heterocycles. The highest BCUT2D eigenvalue weighted by Gasteiger charge is 2.11. The topological polar surface area (TPSA) is 36.3 Å². The van der Waals surface area contributed by atoms with Crippen LogP contribution in [0.25, 0.3) is 0 Å². The van der Waals surface area contributed by atoms with E-state index in [1.165, 1.54) is 0 Å². The summed E-state index contributed by atoms with van der Waals surface area (Å²) in [4.78, 5) is 2.25. The highest BCUT2D eigenvalue weighted by molar-refractivity contribution is 5.54. The maximum atomic E-state index is 8.95. The van der Waals surface area contributed by atoms with Crippen LogP contribution < -0.4 is 4.90 Å². The Balaban J connectivity index is 2.25. The van der Waals surface area contributed by atoms with E-state index in [1.807, 2.05) is 19.1 Å². The number of hydrogen-bond acceptors (Lipinski definition) is 3. The highest BCUT2D eigenvalue weighted by Crippen LogP contribution is 2.19. The Bertz CT molecular complexity index is 389. The van der Waals surface area contributed by atoms with E-state index in [1.54, 1.807) is 0 Å². The average molecular weight is 202 g/mol. The zero-order valence-corrected chi connectivity index (χ0v) is 8.86. The Kier molecular flexibility index (Phi) is 2.89. The Morgan fingerprint density at radius 3 is 2.73 bits per heavy atom. The van der Waals surface area contributed by atoms with Gasteiger partial charge in [-0.25, -0.2) is 0 Å². The molecule has 3 heteroatoms. The van der Waals surface area contributed by atoms with Crippen molar-refractivity contribution in [1.82, 2.24) is 0 Å². The van der Waals surface area contributed by atoms with Crippen LogP contribution in [0.3, 0.4) is 0 Å².